The van der Waals surface area contributed by atoms with Crippen LogP contribution in [0.4, 0.5) is 4.79 Å². The number of nitrogens with one attached hydrogen (secondary N) is 1. The molecule has 0 radical (unpaired) electrons. The summed E-state index contributed by atoms with van der Waals surface area (Å²) in [6, 6.07) is -0.254. The maximum Gasteiger partial charge on any atom is 0.323 e. The highest BCUT2D eigenvalue weighted by Crippen LogP contribution is 2.29. The van der Waals surface area contributed by atoms with Crippen LogP contribution >= 0.6 is 0 Å². The first-order chi connectivity index (χ1) is 8.32. The predicted octanol–water partition coefficient (Wildman–Crippen LogP) is 2.07. The zero-order valence-corrected chi connectivity index (χ0v) is 11.5. The molecule has 1 aliphatic rings. The zero-order valence-electron chi connectivity index (χ0n) is 11.5. The molecule has 1 fully saturated rings. The van der Waals surface area contributed by atoms with Gasteiger partial charge in [0, 0.05) is 12.1 Å². The molecular weight excluding hydrogens is 232 g/mol. The van der Waals surface area contributed by atoms with Gasteiger partial charge in [-0.05, 0) is 25.7 Å². The van der Waals surface area contributed by atoms with E-state index in [1.807, 2.05) is 20.8 Å². The van der Waals surface area contributed by atoms with Crippen molar-refractivity contribution < 1.29 is 14.7 Å². The van der Waals surface area contributed by atoms with Gasteiger partial charge in [0.05, 0.1) is 0 Å². The molecule has 0 aromatic rings. The molecule has 0 aromatic heterocycles. The van der Waals surface area contributed by atoms with Crippen molar-refractivity contribution in [3.05, 3.63) is 0 Å². The molecular formula is C13H24N2O3. The molecule has 0 atom stereocenters. The summed E-state index contributed by atoms with van der Waals surface area (Å²) in [6.45, 7) is 6.21. The molecule has 2 amide bonds. The summed E-state index contributed by atoms with van der Waals surface area (Å²) < 4.78 is 0. The Morgan fingerprint density at radius 1 is 1.33 bits per heavy atom. The molecule has 1 saturated carbocycles. The summed E-state index contributed by atoms with van der Waals surface area (Å²) in [5.74, 6) is -0.714. The van der Waals surface area contributed by atoms with Crippen LogP contribution in [0.15, 0.2) is 0 Å². The topological polar surface area (TPSA) is 69.6 Å². The average Bonchev–Trinajstić information content (AvgIpc) is 2.62. The molecule has 5 heteroatoms. The molecule has 5 nitrogen and oxygen atoms in total. The van der Waals surface area contributed by atoms with E-state index in [0.29, 0.717) is 6.54 Å². The minimum absolute atomic E-state index is 0.162. The molecule has 0 spiro atoms. The van der Waals surface area contributed by atoms with Crippen molar-refractivity contribution in [2.75, 3.05) is 13.1 Å². The van der Waals surface area contributed by atoms with Crippen LogP contribution in [0.3, 0.4) is 0 Å². The maximum atomic E-state index is 12.1. The number of carboxylic acid groups (broad SMARTS) is 1. The molecule has 2 N–H and O–H groups in total. The number of hydrogen-bond acceptors (Lipinski definition) is 2. The Kier molecular flexibility index (Phi) is 4.99. The second-order valence-electron chi connectivity index (χ2n) is 5.87. The van der Waals surface area contributed by atoms with Gasteiger partial charge < -0.3 is 15.3 Å². The fraction of sp³-hybridized carbons (Fsp3) is 0.846. The minimum atomic E-state index is -0.970. The SMILES string of the molecule is CC(C)CN(CC(=O)O)C(=O)NC1(C)CCCC1. The lowest BCUT2D eigenvalue weighted by Gasteiger charge is -2.30. The van der Waals surface area contributed by atoms with Gasteiger partial charge in [0.1, 0.15) is 6.54 Å². The second kappa shape index (κ2) is 6.07. The normalized spacial score (nSPS) is 17.8. The lowest BCUT2D eigenvalue weighted by molar-refractivity contribution is -0.137. The number of carboxylic acids is 1. The van der Waals surface area contributed by atoms with E-state index < -0.39 is 5.97 Å². The van der Waals surface area contributed by atoms with Gasteiger partial charge in [-0.25, -0.2) is 4.79 Å². The molecule has 1 rings (SSSR count). The van der Waals surface area contributed by atoms with E-state index in [2.05, 4.69) is 5.32 Å². The van der Waals surface area contributed by atoms with Crippen LogP contribution in [0.5, 0.6) is 0 Å². The first kappa shape index (κ1) is 14.8. The van der Waals surface area contributed by atoms with Gasteiger partial charge in [-0.15, -0.1) is 0 Å². The fourth-order valence-corrected chi connectivity index (χ4v) is 2.44. The summed E-state index contributed by atoms with van der Waals surface area (Å²) in [4.78, 5) is 24.3. The summed E-state index contributed by atoms with van der Waals surface area (Å²) in [5.41, 5.74) is -0.162. The van der Waals surface area contributed by atoms with Crippen molar-refractivity contribution >= 4 is 12.0 Å². The Labute approximate surface area is 109 Å². The van der Waals surface area contributed by atoms with Crippen molar-refractivity contribution in [3.63, 3.8) is 0 Å². The molecule has 104 valence electrons. The van der Waals surface area contributed by atoms with Crippen LogP contribution in [0.2, 0.25) is 0 Å². The summed E-state index contributed by atoms with van der Waals surface area (Å²) >= 11 is 0. The van der Waals surface area contributed by atoms with Gasteiger partial charge in [0.2, 0.25) is 0 Å². The van der Waals surface area contributed by atoms with Gasteiger partial charge in [0.15, 0.2) is 0 Å². The van der Waals surface area contributed by atoms with E-state index in [9.17, 15) is 9.59 Å². The predicted molar refractivity (Wildman–Crippen MR) is 69.5 cm³/mol. The lowest BCUT2D eigenvalue weighted by Crippen LogP contribution is -2.52. The quantitative estimate of drug-likeness (QED) is 0.791. The number of rotatable bonds is 5. The third kappa shape index (κ3) is 4.55. The molecule has 1 aliphatic carbocycles. The van der Waals surface area contributed by atoms with Crippen LogP contribution in [0.1, 0.15) is 46.5 Å². The van der Waals surface area contributed by atoms with Gasteiger partial charge in [-0.3, -0.25) is 4.79 Å². The van der Waals surface area contributed by atoms with Crippen LogP contribution in [-0.2, 0) is 4.79 Å². The van der Waals surface area contributed by atoms with E-state index in [1.54, 1.807) is 0 Å². The Balaban J connectivity index is 2.60. The van der Waals surface area contributed by atoms with E-state index in [4.69, 9.17) is 5.11 Å². The van der Waals surface area contributed by atoms with E-state index in [1.165, 1.54) is 4.90 Å². The van der Waals surface area contributed by atoms with Crippen molar-refractivity contribution in [1.82, 2.24) is 10.2 Å². The Morgan fingerprint density at radius 2 is 1.89 bits per heavy atom. The monoisotopic (exact) mass is 256 g/mol. The summed E-state index contributed by atoms with van der Waals surface area (Å²) in [6.07, 6.45) is 4.20. The second-order valence-corrected chi connectivity index (χ2v) is 5.87. The van der Waals surface area contributed by atoms with Crippen LogP contribution in [0, 0.1) is 5.92 Å². The first-order valence-electron chi connectivity index (χ1n) is 6.61. The third-order valence-electron chi connectivity index (χ3n) is 3.31. The highest BCUT2D eigenvalue weighted by Gasteiger charge is 2.32. The standard InChI is InChI=1S/C13H24N2O3/c1-10(2)8-15(9-11(16)17)12(18)14-13(3)6-4-5-7-13/h10H,4-9H2,1-3H3,(H,14,18)(H,16,17). The highest BCUT2D eigenvalue weighted by molar-refractivity contribution is 5.80. The fourth-order valence-electron chi connectivity index (χ4n) is 2.44. The number of carbonyl (C=O) groups excluding carboxylic acids is 1. The van der Waals surface area contributed by atoms with Gasteiger partial charge in [-0.2, -0.15) is 0 Å². The van der Waals surface area contributed by atoms with Gasteiger partial charge in [-0.1, -0.05) is 26.7 Å². The molecule has 18 heavy (non-hydrogen) atoms. The molecule has 0 heterocycles. The van der Waals surface area contributed by atoms with Crippen molar-refractivity contribution in [1.29, 1.82) is 0 Å². The van der Waals surface area contributed by atoms with Crippen LogP contribution in [-0.4, -0.2) is 40.6 Å². The van der Waals surface area contributed by atoms with Crippen molar-refractivity contribution in [2.24, 2.45) is 5.92 Å². The number of amides is 2. The minimum Gasteiger partial charge on any atom is -0.480 e. The maximum absolute atomic E-state index is 12.1. The van der Waals surface area contributed by atoms with Gasteiger partial charge in [0.25, 0.3) is 0 Å². The number of carbonyl (C=O) groups is 2. The molecule has 0 saturated heterocycles. The number of nitrogens with zero attached hydrogens (tertiary/aromatic N) is 1. The zero-order chi connectivity index (χ0) is 13.8. The van der Waals surface area contributed by atoms with E-state index in [0.717, 1.165) is 25.7 Å². The van der Waals surface area contributed by atoms with E-state index in [-0.39, 0.29) is 24.0 Å². The summed E-state index contributed by atoms with van der Waals surface area (Å²) in [5, 5.41) is 11.8. The highest BCUT2D eigenvalue weighted by atomic mass is 16.4. The lowest BCUT2D eigenvalue weighted by atomic mass is 10.0. The first-order valence-corrected chi connectivity index (χ1v) is 6.61. The Morgan fingerprint density at radius 3 is 2.33 bits per heavy atom. The number of urea groups is 1. The Hall–Kier alpha value is -1.26. The Bertz CT molecular complexity index is 309. The smallest absolute Gasteiger partial charge is 0.323 e. The number of hydrogen-bond donors (Lipinski definition) is 2. The number of aliphatic carboxylic acids is 1. The molecule has 0 bridgehead atoms. The molecule has 0 aromatic carbocycles. The molecule has 0 aliphatic heterocycles. The largest absolute Gasteiger partial charge is 0.480 e. The van der Waals surface area contributed by atoms with Crippen molar-refractivity contribution in [2.45, 2.75) is 52.0 Å². The third-order valence-corrected chi connectivity index (χ3v) is 3.31. The summed E-state index contributed by atoms with van der Waals surface area (Å²) in [7, 11) is 0. The van der Waals surface area contributed by atoms with Crippen molar-refractivity contribution in [3.8, 4) is 0 Å². The van der Waals surface area contributed by atoms with Gasteiger partial charge >= 0.3 is 12.0 Å². The average molecular weight is 256 g/mol. The molecule has 0 unspecified atom stereocenters. The van der Waals surface area contributed by atoms with Crippen LogP contribution in [0.25, 0.3) is 0 Å². The van der Waals surface area contributed by atoms with Crippen LogP contribution < -0.4 is 5.32 Å². The van der Waals surface area contributed by atoms with E-state index >= 15 is 0 Å².